The molecule has 3 aromatic carbocycles. The number of aliphatic hydroxyl groups excluding tert-OH is 1. The topological polar surface area (TPSA) is 156 Å². The molecule has 1 atom stereocenters. The van der Waals surface area contributed by atoms with Crippen molar-refractivity contribution >= 4 is 44.8 Å². The van der Waals surface area contributed by atoms with Crippen molar-refractivity contribution < 1.29 is 42.5 Å². The quantitative estimate of drug-likeness (QED) is 0.213. The number of aliphatic hydroxyl groups is 1. The van der Waals surface area contributed by atoms with Gasteiger partial charge in [0, 0.05) is 17.4 Å². The van der Waals surface area contributed by atoms with Crippen molar-refractivity contribution in [2.45, 2.75) is 37.0 Å². The summed E-state index contributed by atoms with van der Waals surface area (Å²) in [6, 6.07) is 17.4. The van der Waals surface area contributed by atoms with Crippen molar-refractivity contribution in [1.29, 1.82) is 0 Å². The van der Waals surface area contributed by atoms with Crippen LogP contribution in [-0.4, -0.2) is 61.9 Å². The number of ketones is 1. The molecular formula is C30H32ClNO9S. The van der Waals surface area contributed by atoms with Crippen LogP contribution in [0.1, 0.15) is 36.8 Å². The molecule has 0 radical (unpaired) electrons. The van der Waals surface area contributed by atoms with E-state index in [1.807, 2.05) is 0 Å². The van der Waals surface area contributed by atoms with Gasteiger partial charge in [0.05, 0.1) is 22.9 Å². The van der Waals surface area contributed by atoms with Crippen molar-refractivity contribution in [3.8, 4) is 11.5 Å². The van der Waals surface area contributed by atoms with Crippen LogP contribution >= 0.6 is 11.6 Å². The lowest BCUT2D eigenvalue weighted by Gasteiger charge is -2.15. The van der Waals surface area contributed by atoms with E-state index in [-0.39, 0.29) is 53.4 Å². The van der Waals surface area contributed by atoms with Crippen LogP contribution in [0.2, 0.25) is 5.02 Å². The summed E-state index contributed by atoms with van der Waals surface area (Å²) in [5, 5.41) is 21.7. The second-order valence-corrected chi connectivity index (χ2v) is 12.1. The highest BCUT2D eigenvalue weighted by atomic mass is 35.5. The number of benzene rings is 3. The second kappa shape index (κ2) is 15.3. The average molecular weight is 618 g/mol. The van der Waals surface area contributed by atoms with Crippen molar-refractivity contribution in [2.24, 2.45) is 0 Å². The number of ether oxygens (including phenoxy) is 2. The molecule has 1 amide bonds. The van der Waals surface area contributed by atoms with Gasteiger partial charge in [-0.25, -0.2) is 13.2 Å². The molecular weight excluding hydrogens is 586 g/mol. The van der Waals surface area contributed by atoms with Gasteiger partial charge in [0.2, 0.25) is 0 Å². The van der Waals surface area contributed by atoms with Crippen LogP contribution in [-0.2, 0) is 30.6 Å². The number of anilines is 1. The summed E-state index contributed by atoms with van der Waals surface area (Å²) in [6.07, 6.45) is 0.884. The molecule has 3 aromatic rings. The number of carboxylic acids is 1. The Morgan fingerprint density at radius 3 is 2.26 bits per heavy atom. The first kappa shape index (κ1) is 32.6. The molecule has 0 aromatic heterocycles. The number of hydrogen-bond donors (Lipinski definition) is 3. The predicted octanol–water partition coefficient (Wildman–Crippen LogP) is 4.28. The number of sulfone groups is 1. The number of halogens is 1. The molecule has 0 aliphatic carbocycles. The minimum absolute atomic E-state index is 0.0372. The molecule has 0 saturated heterocycles. The van der Waals surface area contributed by atoms with Gasteiger partial charge >= 0.3 is 5.97 Å². The number of carboxylic acid groups (broad SMARTS) is 1. The summed E-state index contributed by atoms with van der Waals surface area (Å²) in [5.74, 6) is -1.67. The number of aliphatic carboxylic acids is 1. The number of Topliss-reactive ketones (excluding diaryl/α,β-unsaturated/α-hetero) is 1. The highest BCUT2D eigenvalue weighted by Gasteiger charge is 2.16. The third-order valence-electron chi connectivity index (χ3n) is 6.20. The van der Waals surface area contributed by atoms with Crippen molar-refractivity contribution in [3.05, 3.63) is 82.9 Å². The summed E-state index contributed by atoms with van der Waals surface area (Å²) in [4.78, 5) is 35.3. The van der Waals surface area contributed by atoms with E-state index >= 15 is 0 Å². The highest BCUT2D eigenvalue weighted by molar-refractivity contribution is 7.91. The zero-order valence-corrected chi connectivity index (χ0v) is 24.5. The molecule has 0 aliphatic heterocycles. The molecule has 0 fully saturated rings. The van der Waals surface area contributed by atoms with E-state index in [2.05, 4.69) is 5.32 Å². The smallest absolute Gasteiger partial charge is 0.341 e. The van der Waals surface area contributed by atoms with Crippen LogP contribution in [0.15, 0.2) is 71.6 Å². The molecule has 0 bridgehead atoms. The number of amides is 1. The van der Waals surface area contributed by atoms with E-state index in [0.717, 1.165) is 5.56 Å². The summed E-state index contributed by atoms with van der Waals surface area (Å²) < 4.78 is 36.1. The van der Waals surface area contributed by atoms with Crippen molar-refractivity contribution in [1.82, 2.24) is 0 Å². The minimum atomic E-state index is -3.51. The fraction of sp³-hybridized carbons (Fsp3) is 0.300. The van der Waals surface area contributed by atoms with Gasteiger partial charge in [-0.3, -0.25) is 4.79 Å². The fourth-order valence-corrected chi connectivity index (χ4v) is 5.56. The summed E-state index contributed by atoms with van der Waals surface area (Å²) in [6.45, 7) is 0.298. The van der Waals surface area contributed by atoms with Gasteiger partial charge in [-0.1, -0.05) is 29.8 Å². The summed E-state index contributed by atoms with van der Waals surface area (Å²) in [7, 11) is -3.51. The summed E-state index contributed by atoms with van der Waals surface area (Å²) in [5.41, 5.74) is 1.69. The van der Waals surface area contributed by atoms with E-state index in [0.29, 0.717) is 29.2 Å². The maximum atomic E-state index is 12.7. The largest absolute Gasteiger partial charge is 0.484 e. The Labute approximate surface area is 249 Å². The number of carbonyl (C=O) groups excluding carboxylic acids is 2. The van der Waals surface area contributed by atoms with Gasteiger partial charge in [-0.05, 0) is 79.4 Å². The number of aryl methyl sites for hydroxylation is 1. The SMILES string of the molecule is CC(=O)CC(CO)c1ccc(OCC(=O)Nc2cc(CCCS(=O)(=O)c3ccc(Cl)cc3)ccc2OCC(=O)O)cc1. The monoisotopic (exact) mass is 617 g/mol. The maximum absolute atomic E-state index is 12.7. The molecule has 0 spiro atoms. The van der Waals surface area contributed by atoms with Gasteiger partial charge in [-0.15, -0.1) is 0 Å². The maximum Gasteiger partial charge on any atom is 0.341 e. The molecule has 12 heteroatoms. The third-order valence-corrected chi connectivity index (χ3v) is 8.26. The number of hydrogen-bond acceptors (Lipinski definition) is 8. The standard InChI is InChI=1S/C30H32ClNO9S/c1-20(34)15-23(17-33)22-5-9-25(10-6-22)40-18-29(35)32-27-16-21(4-13-28(27)41-19-30(36)37)3-2-14-42(38,39)26-11-7-24(31)8-12-26/h4-13,16,23,33H,2-3,14-15,17-19H2,1H3,(H,32,35)(H,36,37). The molecule has 224 valence electrons. The van der Waals surface area contributed by atoms with E-state index in [1.54, 1.807) is 36.4 Å². The van der Waals surface area contributed by atoms with Gasteiger partial charge in [0.1, 0.15) is 17.3 Å². The predicted molar refractivity (Wildman–Crippen MR) is 157 cm³/mol. The van der Waals surface area contributed by atoms with Crippen LogP contribution in [0.3, 0.4) is 0 Å². The van der Waals surface area contributed by atoms with E-state index in [1.165, 1.54) is 37.3 Å². The minimum Gasteiger partial charge on any atom is -0.484 e. The number of nitrogens with one attached hydrogen (secondary N) is 1. The first-order valence-electron chi connectivity index (χ1n) is 13.1. The average Bonchev–Trinajstić information content (AvgIpc) is 2.94. The second-order valence-electron chi connectivity index (χ2n) is 9.58. The Bertz CT molecular complexity index is 1490. The zero-order valence-electron chi connectivity index (χ0n) is 22.9. The molecule has 3 N–H and O–H groups in total. The van der Waals surface area contributed by atoms with E-state index in [9.17, 15) is 27.9 Å². The highest BCUT2D eigenvalue weighted by Crippen LogP contribution is 2.27. The third kappa shape index (κ3) is 10.2. The Kier molecular flexibility index (Phi) is 11.9. The lowest BCUT2D eigenvalue weighted by atomic mass is 9.95. The van der Waals surface area contributed by atoms with Gasteiger partial charge in [0.15, 0.2) is 23.1 Å². The molecule has 42 heavy (non-hydrogen) atoms. The lowest BCUT2D eigenvalue weighted by Crippen LogP contribution is -2.21. The normalized spacial score (nSPS) is 11.9. The van der Waals surface area contributed by atoms with Crippen LogP contribution in [0, 0.1) is 0 Å². The number of carbonyl (C=O) groups is 3. The van der Waals surface area contributed by atoms with Gasteiger partial charge < -0.3 is 29.8 Å². The molecule has 0 heterocycles. The van der Waals surface area contributed by atoms with E-state index < -0.39 is 28.3 Å². The zero-order chi connectivity index (χ0) is 30.7. The Morgan fingerprint density at radius 1 is 0.952 bits per heavy atom. The van der Waals surface area contributed by atoms with Crippen LogP contribution < -0.4 is 14.8 Å². The van der Waals surface area contributed by atoms with Gasteiger partial charge in [-0.2, -0.15) is 0 Å². The van der Waals surface area contributed by atoms with E-state index in [4.69, 9.17) is 26.2 Å². The molecule has 3 rings (SSSR count). The molecule has 10 nitrogen and oxygen atoms in total. The Hall–Kier alpha value is -3.93. The summed E-state index contributed by atoms with van der Waals surface area (Å²) >= 11 is 5.84. The molecule has 0 saturated carbocycles. The Morgan fingerprint density at radius 2 is 1.64 bits per heavy atom. The molecule has 0 aliphatic rings. The van der Waals surface area contributed by atoms with Crippen molar-refractivity contribution in [2.75, 3.05) is 30.9 Å². The van der Waals surface area contributed by atoms with Crippen molar-refractivity contribution in [3.63, 3.8) is 0 Å². The van der Waals surface area contributed by atoms with Gasteiger partial charge in [0.25, 0.3) is 5.91 Å². The van der Waals surface area contributed by atoms with Crippen LogP contribution in [0.25, 0.3) is 0 Å². The molecule has 1 unspecified atom stereocenters. The Balaban J connectivity index is 1.63. The fourth-order valence-electron chi connectivity index (χ4n) is 4.13. The first-order valence-corrected chi connectivity index (χ1v) is 15.1. The lowest BCUT2D eigenvalue weighted by molar-refractivity contribution is -0.139. The van der Waals surface area contributed by atoms with Crippen LogP contribution in [0.4, 0.5) is 5.69 Å². The van der Waals surface area contributed by atoms with Crippen LogP contribution in [0.5, 0.6) is 11.5 Å². The number of rotatable bonds is 16. The first-order chi connectivity index (χ1) is 20.0.